The summed E-state index contributed by atoms with van der Waals surface area (Å²) in [5, 5.41) is 16.7. The van der Waals surface area contributed by atoms with E-state index in [-0.39, 0.29) is 31.8 Å². The molecule has 0 unspecified atom stereocenters. The quantitative estimate of drug-likeness (QED) is 0.167. The minimum absolute atomic E-state index is 0.00325. The summed E-state index contributed by atoms with van der Waals surface area (Å²) >= 11 is 0. The maximum absolute atomic E-state index is 13.8. The van der Waals surface area contributed by atoms with Crippen molar-refractivity contribution in [3.63, 3.8) is 0 Å². The first-order valence-corrected chi connectivity index (χ1v) is 16.9. The van der Waals surface area contributed by atoms with Crippen LogP contribution in [-0.2, 0) is 35.1 Å². The van der Waals surface area contributed by atoms with E-state index in [0.29, 0.717) is 11.3 Å². The van der Waals surface area contributed by atoms with Crippen molar-refractivity contribution in [3.8, 4) is 16.9 Å². The van der Waals surface area contributed by atoms with Gasteiger partial charge in [0.1, 0.15) is 42.2 Å². The minimum Gasteiger partial charge on any atom is -0.488 e. The van der Waals surface area contributed by atoms with Crippen molar-refractivity contribution in [2.45, 2.75) is 90.0 Å². The summed E-state index contributed by atoms with van der Waals surface area (Å²) in [6.45, 7) is 10.2. The fourth-order valence-corrected chi connectivity index (χ4v) is 5.76. The van der Waals surface area contributed by atoms with E-state index in [1.807, 2.05) is 69.3 Å². The van der Waals surface area contributed by atoms with Gasteiger partial charge in [-0.3, -0.25) is 19.2 Å². The predicted molar refractivity (Wildman–Crippen MR) is 190 cm³/mol. The second-order valence-electron chi connectivity index (χ2n) is 14.4. The fraction of sp³-hybridized carbons (Fsp3) is 0.410. The number of nitrogens with one attached hydrogen (secondary N) is 3. The molecule has 51 heavy (non-hydrogen) atoms. The highest BCUT2D eigenvalue weighted by atomic mass is 16.6. The summed E-state index contributed by atoms with van der Waals surface area (Å²) in [6, 6.07) is 20.2. The Morgan fingerprint density at radius 2 is 1.33 bits per heavy atom. The molecule has 0 spiro atoms. The average Bonchev–Trinajstić information content (AvgIpc) is 3.37. The lowest BCUT2D eigenvalue weighted by Crippen LogP contribution is -2.55. The lowest BCUT2D eigenvalue weighted by atomic mass is 9.98. The number of esters is 1. The van der Waals surface area contributed by atoms with Crippen LogP contribution < -0.4 is 20.7 Å². The van der Waals surface area contributed by atoms with Crippen LogP contribution in [0.1, 0.15) is 77.0 Å². The Morgan fingerprint density at radius 1 is 0.745 bits per heavy atom. The number of hydrogen-bond acceptors (Lipinski definition) is 8. The third-order valence-corrected chi connectivity index (χ3v) is 7.84. The summed E-state index contributed by atoms with van der Waals surface area (Å²) < 4.78 is 16.9. The van der Waals surface area contributed by atoms with E-state index in [4.69, 9.17) is 19.3 Å². The highest BCUT2D eigenvalue weighted by Crippen LogP contribution is 2.44. The number of carboxylic acids is 1. The largest absolute Gasteiger partial charge is 0.488 e. The van der Waals surface area contributed by atoms with Crippen LogP contribution in [0, 0.1) is 0 Å². The average molecular weight is 702 g/mol. The number of alkyl carbamates (subject to hydrolysis) is 1. The van der Waals surface area contributed by atoms with E-state index >= 15 is 0 Å². The molecule has 1 aliphatic rings. The third kappa shape index (κ3) is 11.6. The number of fused-ring (bicyclic) bond motifs is 3. The number of benzene rings is 3. The van der Waals surface area contributed by atoms with Gasteiger partial charge in [-0.1, -0.05) is 60.7 Å². The van der Waals surface area contributed by atoms with Gasteiger partial charge in [0.2, 0.25) is 11.8 Å². The van der Waals surface area contributed by atoms with Gasteiger partial charge in [0, 0.05) is 18.8 Å². The molecule has 4 rings (SSSR count). The zero-order valence-corrected chi connectivity index (χ0v) is 29.9. The van der Waals surface area contributed by atoms with Crippen LogP contribution in [0.4, 0.5) is 4.79 Å². The molecule has 0 heterocycles. The second-order valence-corrected chi connectivity index (χ2v) is 14.4. The van der Waals surface area contributed by atoms with E-state index in [1.165, 1.54) is 0 Å². The fourth-order valence-electron chi connectivity index (χ4n) is 5.76. The molecule has 12 nitrogen and oxygen atoms in total. The molecule has 3 aromatic carbocycles. The van der Waals surface area contributed by atoms with Crippen LogP contribution in [0.15, 0.2) is 72.8 Å². The van der Waals surface area contributed by atoms with Crippen molar-refractivity contribution in [3.05, 3.63) is 89.5 Å². The van der Waals surface area contributed by atoms with E-state index in [1.54, 1.807) is 45.0 Å². The highest BCUT2D eigenvalue weighted by Gasteiger charge is 2.32. The lowest BCUT2D eigenvalue weighted by Gasteiger charge is -2.24. The maximum atomic E-state index is 13.8. The van der Waals surface area contributed by atoms with E-state index in [9.17, 15) is 24.0 Å². The summed E-state index contributed by atoms with van der Waals surface area (Å²) in [5.74, 6) is -2.97. The Hall–Kier alpha value is -5.39. The van der Waals surface area contributed by atoms with Crippen LogP contribution in [-0.4, -0.2) is 71.4 Å². The van der Waals surface area contributed by atoms with Gasteiger partial charge in [0.05, 0.1) is 0 Å². The number of hydrogen-bond donors (Lipinski definition) is 4. The first-order chi connectivity index (χ1) is 24.0. The van der Waals surface area contributed by atoms with Gasteiger partial charge >= 0.3 is 18.0 Å². The van der Waals surface area contributed by atoms with Gasteiger partial charge < -0.3 is 35.3 Å². The molecule has 3 amide bonds. The monoisotopic (exact) mass is 701 g/mol. The van der Waals surface area contributed by atoms with Crippen molar-refractivity contribution < 1.29 is 43.3 Å². The van der Waals surface area contributed by atoms with E-state index in [0.717, 1.165) is 22.3 Å². The molecule has 0 fully saturated rings. The van der Waals surface area contributed by atoms with Gasteiger partial charge in [0.25, 0.3) is 0 Å². The first-order valence-electron chi connectivity index (χ1n) is 16.9. The number of carboxylic acid groups (broad SMARTS) is 1. The number of aliphatic carboxylic acids is 1. The molecule has 0 aromatic heterocycles. The molecule has 2 atom stereocenters. The topological polar surface area (TPSA) is 169 Å². The first kappa shape index (κ1) is 38.4. The molecular formula is C39H47N3O9. The molecule has 272 valence electrons. The smallest absolute Gasteiger partial charge is 0.407 e. The number of carbonyl (C=O) groups is 5. The molecule has 0 bridgehead atoms. The van der Waals surface area contributed by atoms with Crippen LogP contribution in [0.25, 0.3) is 11.1 Å². The molecule has 1 aliphatic carbocycles. The molecule has 4 N–H and O–H groups in total. The van der Waals surface area contributed by atoms with Crippen molar-refractivity contribution in [2.75, 3.05) is 13.2 Å². The normalized spacial score (nSPS) is 13.5. The van der Waals surface area contributed by atoms with Crippen LogP contribution >= 0.6 is 0 Å². The zero-order chi connectivity index (χ0) is 37.3. The van der Waals surface area contributed by atoms with Gasteiger partial charge in [-0.2, -0.15) is 0 Å². The van der Waals surface area contributed by atoms with Crippen molar-refractivity contribution in [1.29, 1.82) is 0 Å². The number of ether oxygens (including phenoxy) is 3. The van der Waals surface area contributed by atoms with Gasteiger partial charge in [-0.05, 0) is 87.9 Å². The summed E-state index contributed by atoms with van der Waals surface area (Å²) in [4.78, 5) is 64.0. The van der Waals surface area contributed by atoms with Gasteiger partial charge in [-0.25, -0.2) is 4.79 Å². The van der Waals surface area contributed by atoms with Crippen LogP contribution in [0.3, 0.4) is 0 Å². The molecular weight excluding hydrogens is 654 g/mol. The zero-order valence-electron chi connectivity index (χ0n) is 29.9. The van der Waals surface area contributed by atoms with E-state index in [2.05, 4.69) is 16.0 Å². The highest BCUT2D eigenvalue weighted by molar-refractivity contribution is 5.92. The molecule has 3 aromatic rings. The Labute approximate surface area is 298 Å². The van der Waals surface area contributed by atoms with Crippen molar-refractivity contribution >= 4 is 29.8 Å². The Morgan fingerprint density at radius 3 is 1.88 bits per heavy atom. The van der Waals surface area contributed by atoms with Gasteiger partial charge in [0.15, 0.2) is 0 Å². The standard InChI is InChI=1S/C39H47N3O9/c1-38(2,3)50-25-17-15-24(16-18-25)21-32(35(46)40-22-33(43)44)41-36(47)31(19-20-34(45)51-39(4,5)6)42-37(48)49-23-30-28-13-9-7-11-26(28)27-12-8-10-14-29(27)30/h7-18,30-32H,19-23H2,1-6H3,(H,40,46)(H,41,47)(H,42,48)(H,43,44)/t31-,32-/m0/s1. The number of amides is 3. The number of rotatable bonds is 14. The molecule has 0 radical (unpaired) electrons. The van der Waals surface area contributed by atoms with Crippen LogP contribution in [0.2, 0.25) is 0 Å². The Balaban J connectivity index is 1.50. The molecule has 0 saturated carbocycles. The van der Waals surface area contributed by atoms with Crippen LogP contribution in [0.5, 0.6) is 5.75 Å². The molecule has 0 aliphatic heterocycles. The summed E-state index contributed by atoms with van der Waals surface area (Å²) in [7, 11) is 0. The summed E-state index contributed by atoms with van der Waals surface area (Å²) in [5.41, 5.74) is 3.60. The molecule has 0 saturated heterocycles. The second kappa shape index (κ2) is 16.5. The predicted octanol–water partition coefficient (Wildman–Crippen LogP) is 5.12. The van der Waals surface area contributed by atoms with Crippen molar-refractivity contribution in [1.82, 2.24) is 16.0 Å². The molecule has 12 heteroatoms. The Bertz CT molecular complexity index is 1680. The lowest BCUT2D eigenvalue weighted by molar-refractivity contribution is -0.155. The SMILES string of the molecule is CC(C)(C)OC(=O)CC[C@H](NC(=O)OCC1c2ccccc2-c2ccccc21)C(=O)N[C@@H](Cc1ccc(OC(C)(C)C)cc1)C(=O)NCC(=O)O. The van der Waals surface area contributed by atoms with E-state index < -0.39 is 59.7 Å². The Kier molecular flexibility index (Phi) is 12.5. The summed E-state index contributed by atoms with van der Waals surface area (Å²) in [6.07, 6.45) is -1.27. The van der Waals surface area contributed by atoms with Crippen molar-refractivity contribution in [2.24, 2.45) is 0 Å². The maximum Gasteiger partial charge on any atom is 0.407 e. The minimum atomic E-state index is -1.30. The van der Waals surface area contributed by atoms with Gasteiger partial charge in [-0.15, -0.1) is 0 Å². The third-order valence-electron chi connectivity index (χ3n) is 7.84. The number of carbonyl (C=O) groups excluding carboxylic acids is 4.